The molecule has 1 aliphatic heterocycles. The predicted molar refractivity (Wildman–Crippen MR) is 96.0 cm³/mol. The fraction of sp³-hybridized carbons (Fsp3) is 0.688. The Kier molecular flexibility index (Phi) is 6.10. The SMILES string of the molecule is CSCc1noc(CN2CCCn3nc([C@H](O)CN(C)C)cc3C2)n1. The lowest BCUT2D eigenvalue weighted by molar-refractivity contribution is 0.133. The van der Waals surface area contributed by atoms with Crippen LogP contribution >= 0.6 is 11.8 Å². The summed E-state index contributed by atoms with van der Waals surface area (Å²) in [6.07, 6.45) is 2.46. The van der Waals surface area contributed by atoms with E-state index in [0.717, 1.165) is 49.0 Å². The molecule has 0 spiro atoms. The van der Waals surface area contributed by atoms with Crippen molar-refractivity contribution in [2.45, 2.75) is 37.9 Å². The molecule has 3 rings (SSSR count). The minimum absolute atomic E-state index is 0.562. The van der Waals surface area contributed by atoms with Gasteiger partial charge in [0.2, 0.25) is 5.89 Å². The molecule has 2 aromatic rings. The van der Waals surface area contributed by atoms with Crippen LogP contribution in [-0.4, -0.2) is 68.3 Å². The van der Waals surface area contributed by atoms with E-state index in [-0.39, 0.29) is 0 Å². The number of aromatic nitrogens is 4. The smallest absolute Gasteiger partial charge is 0.240 e. The van der Waals surface area contributed by atoms with Crippen LogP contribution < -0.4 is 0 Å². The Morgan fingerprint density at radius 2 is 2.24 bits per heavy atom. The Morgan fingerprint density at radius 1 is 1.40 bits per heavy atom. The summed E-state index contributed by atoms with van der Waals surface area (Å²) in [5.74, 6) is 2.17. The molecule has 25 heavy (non-hydrogen) atoms. The summed E-state index contributed by atoms with van der Waals surface area (Å²) in [7, 11) is 3.89. The van der Waals surface area contributed by atoms with Gasteiger partial charge in [0.1, 0.15) is 6.10 Å². The Morgan fingerprint density at radius 3 is 3.00 bits per heavy atom. The molecule has 0 saturated heterocycles. The van der Waals surface area contributed by atoms with Gasteiger partial charge in [-0.1, -0.05) is 5.16 Å². The molecule has 3 heterocycles. The average molecular weight is 366 g/mol. The minimum Gasteiger partial charge on any atom is -0.385 e. The van der Waals surface area contributed by atoms with Crippen molar-refractivity contribution in [3.8, 4) is 0 Å². The Bertz CT molecular complexity index is 686. The monoisotopic (exact) mass is 366 g/mol. The molecule has 8 nitrogen and oxygen atoms in total. The van der Waals surface area contributed by atoms with Crippen molar-refractivity contribution in [2.24, 2.45) is 0 Å². The number of likely N-dealkylation sites (N-methyl/N-ethyl adjacent to an activating group) is 1. The van der Waals surface area contributed by atoms with Crippen molar-refractivity contribution in [3.05, 3.63) is 29.2 Å². The first-order valence-electron chi connectivity index (χ1n) is 8.47. The third kappa shape index (κ3) is 4.81. The molecule has 1 aliphatic rings. The molecule has 0 aromatic carbocycles. The van der Waals surface area contributed by atoms with Crippen LogP contribution in [0.4, 0.5) is 0 Å². The van der Waals surface area contributed by atoms with Gasteiger partial charge < -0.3 is 14.5 Å². The molecule has 0 unspecified atom stereocenters. The van der Waals surface area contributed by atoms with Crippen molar-refractivity contribution >= 4 is 11.8 Å². The second kappa shape index (κ2) is 8.31. The van der Waals surface area contributed by atoms with Crippen LogP contribution in [0.15, 0.2) is 10.6 Å². The first-order chi connectivity index (χ1) is 12.0. The first-order valence-corrected chi connectivity index (χ1v) is 9.86. The second-order valence-corrected chi connectivity index (χ2v) is 7.53. The number of hydrogen-bond acceptors (Lipinski definition) is 8. The van der Waals surface area contributed by atoms with Gasteiger partial charge in [0, 0.05) is 26.2 Å². The van der Waals surface area contributed by atoms with E-state index in [1.807, 2.05) is 36.0 Å². The van der Waals surface area contributed by atoms with Crippen LogP contribution in [-0.2, 0) is 25.4 Å². The molecule has 0 amide bonds. The third-order valence-electron chi connectivity index (χ3n) is 4.13. The topological polar surface area (TPSA) is 83.5 Å². The maximum Gasteiger partial charge on any atom is 0.240 e. The van der Waals surface area contributed by atoms with Gasteiger partial charge in [0.25, 0.3) is 0 Å². The van der Waals surface area contributed by atoms with Gasteiger partial charge in [-0.15, -0.1) is 0 Å². The van der Waals surface area contributed by atoms with Gasteiger partial charge in [-0.25, -0.2) is 0 Å². The fourth-order valence-electron chi connectivity index (χ4n) is 3.02. The molecule has 0 fully saturated rings. The van der Waals surface area contributed by atoms with Crippen LogP contribution in [0.5, 0.6) is 0 Å². The van der Waals surface area contributed by atoms with Gasteiger partial charge in [-0.3, -0.25) is 9.58 Å². The van der Waals surface area contributed by atoms with Crippen molar-refractivity contribution in [2.75, 3.05) is 33.4 Å². The highest BCUT2D eigenvalue weighted by Crippen LogP contribution is 2.20. The number of rotatable bonds is 7. The lowest BCUT2D eigenvalue weighted by Gasteiger charge is -2.16. The predicted octanol–water partition coefficient (Wildman–Crippen LogP) is 1.13. The van der Waals surface area contributed by atoms with Crippen molar-refractivity contribution < 1.29 is 9.63 Å². The van der Waals surface area contributed by atoms with Gasteiger partial charge >= 0.3 is 0 Å². The molecule has 0 saturated carbocycles. The molecule has 0 aliphatic carbocycles. The number of hydrogen-bond donors (Lipinski definition) is 1. The fourth-order valence-corrected chi connectivity index (χ4v) is 3.40. The number of nitrogens with zero attached hydrogens (tertiary/aromatic N) is 6. The molecule has 138 valence electrons. The van der Waals surface area contributed by atoms with Crippen LogP contribution in [0.3, 0.4) is 0 Å². The standard InChI is InChI=1S/C16H26N6O2S/c1-20(2)9-14(23)13-7-12-8-21(5-4-6-22(12)18-13)10-16-17-15(11-25-3)19-24-16/h7,14,23H,4-6,8-11H2,1-3H3/t14-/m1/s1. The van der Waals surface area contributed by atoms with Crippen LogP contribution in [0, 0.1) is 0 Å². The van der Waals surface area contributed by atoms with E-state index in [2.05, 4.69) is 20.1 Å². The molecule has 9 heteroatoms. The number of fused-ring (bicyclic) bond motifs is 1. The highest BCUT2D eigenvalue weighted by molar-refractivity contribution is 7.97. The Labute approximate surface area is 152 Å². The lowest BCUT2D eigenvalue weighted by Crippen LogP contribution is -2.23. The summed E-state index contributed by atoms with van der Waals surface area (Å²) in [6, 6.07) is 2.01. The van der Waals surface area contributed by atoms with Gasteiger partial charge in [0.15, 0.2) is 5.82 Å². The summed E-state index contributed by atoms with van der Waals surface area (Å²) in [5.41, 5.74) is 1.86. The average Bonchev–Trinajstić information content (AvgIpc) is 3.10. The van der Waals surface area contributed by atoms with Gasteiger partial charge in [-0.05, 0) is 32.8 Å². The molecule has 1 atom stereocenters. The van der Waals surface area contributed by atoms with E-state index in [1.54, 1.807) is 11.8 Å². The molecular weight excluding hydrogens is 340 g/mol. The first kappa shape index (κ1) is 18.4. The van der Waals surface area contributed by atoms with Crippen LogP contribution in [0.1, 0.15) is 35.6 Å². The van der Waals surface area contributed by atoms with E-state index in [9.17, 15) is 5.11 Å². The number of aryl methyl sites for hydroxylation is 1. The molecular formula is C16H26N6O2S. The highest BCUT2D eigenvalue weighted by atomic mass is 32.2. The van der Waals surface area contributed by atoms with Crippen LogP contribution in [0.25, 0.3) is 0 Å². The number of aliphatic hydroxyl groups is 1. The molecule has 2 aromatic heterocycles. The summed E-state index contributed by atoms with van der Waals surface area (Å²) in [6.45, 7) is 3.80. The summed E-state index contributed by atoms with van der Waals surface area (Å²) in [5, 5.41) is 18.9. The van der Waals surface area contributed by atoms with Crippen molar-refractivity contribution in [3.63, 3.8) is 0 Å². The summed E-state index contributed by atoms with van der Waals surface area (Å²) >= 11 is 1.68. The molecule has 0 bridgehead atoms. The zero-order chi connectivity index (χ0) is 17.8. The summed E-state index contributed by atoms with van der Waals surface area (Å²) < 4.78 is 7.37. The molecule has 0 radical (unpaired) electrons. The van der Waals surface area contributed by atoms with Crippen molar-refractivity contribution in [1.29, 1.82) is 0 Å². The lowest BCUT2D eigenvalue weighted by atomic mass is 10.2. The van der Waals surface area contributed by atoms with E-state index >= 15 is 0 Å². The largest absolute Gasteiger partial charge is 0.385 e. The van der Waals surface area contributed by atoms with Gasteiger partial charge in [-0.2, -0.15) is 21.8 Å². The maximum atomic E-state index is 10.3. The van der Waals surface area contributed by atoms with Crippen molar-refractivity contribution in [1.82, 2.24) is 29.7 Å². The summed E-state index contributed by atoms with van der Waals surface area (Å²) in [4.78, 5) is 8.69. The van der Waals surface area contributed by atoms with Gasteiger partial charge in [0.05, 0.1) is 23.7 Å². The number of aliphatic hydroxyl groups excluding tert-OH is 1. The van der Waals surface area contributed by atoms with E-state index in [4.69, 9.17) is 4.52 Å². The third-order valence-corrected chi connectivity index (χ3v) is 4.68. The second-order valence-electron chi connectivity index (χ2n) is 6.66. The normalized spacial score (nSPS) is 16.8. The quantitative estimate of drug-likeness (QED) is 0.781. The highest BCUT2D eigenvalue weighted by Gasteiger charge is 2.21. The zero-order valence-corrected chi connectivity index (χ0v) is 15.9. The molecule has 1 N–H and O–H groups in total. The maximum absolute atomic E-state index is 10.3. The Balaban J connectivity index is 1.66. The minimum atomic E-state index is -0.562. The van der Waals surface area contributed by atoms with E-state index in [1.165, 1.54) is 0 Å². The van der Waals surface area contributed by atoms with Crippen LogP contribution in [0.2, 0.25) is 0 Å². The van der Waals surface area contributed by atoms with E-state index < -0.39 is 6.10 Å². The van der Waals surface area contributed by atoms with E-state index in [0.29, 0.717) is 19.0 Å². The Hall–Kier alpha value is -1.42. The number of thioether (sulfide) groups is 1. The zero-order valence-electron chi connectivity index (χ0n) is 15.1.